The van der Waals surface area contributed by atoms with Gasteiger partial charge in [-0.05, 0) is 36.6 Å². The molecular weight excluding hydrogens is 188 g/mol. The smallest absolute Gasteiger partial charge is 0.192 e. The number of nitrogens with two attached hydrogens (primary N) is 1. The van der Waals surface area contributed by atoms with Crippen molar-refractivity contribution in [3.05, 3.63) is 29.7 Å². The molecule has 1 aromatic carbocycles. The SMILES string of the molecule is Cc1nc2cc(CC(C)CN)ccc2o1. The molecule has 0 amide bonds. The summed E-state index contributed by atoms with van der Waals surface area (Å²) >= 11 is 0. The Morgan fingerprint density at radius 3 is 3.00 bits per heavy atom. The van der Waals surface area contributed by atoms with E-state index < -0.39 is 0 Å². The summed E-state index contributed by atoms with van der Waals surface area (Å²) in [6, 6.07) is 6.14. The number of oxazole rings is 1. The maximum Gasteiger partial charge on any atom is 0.192 e. The van der Waals surface area contributed by atoms with E-state index in [4.69, 9.17) is 10.2 Å². The molecule has 0 aliphatic rings. The summed E-state index contributed by atoms with van der Waals surface area (Å²) in [5.41, 5.74) is 8.67. The molecule has 2 aromatic rings. The molecular formula is C12H16N2O. The standard InChI is InChI=1S/C12H16N2O/c1-8(7-13)5-10-3-4-12-11(6-10)14-9(2)15-12/h3-4,6,8H,5,7,13H2,1-2H3. The summed E-state index contributed by atoms with van der Waals surface area (Å²) in [6.45, 7) is 4.73. The zero-order valence-electron chi connectivity index (χ0n) is 9.16. The van der Waals surface area contributed by atoms with E-state index in [-0.39, 0.29) is 0 Å². The number of aryl methyl sites for hydroxylation is 1. The van der Waals surface area contributed by atoms with Crippen molar-refractivity contribution < 1.29 is 4.42 Å². The summed E-state index contributed by atoms with van der Waals surface area (Å²) in [7, 11) is 0. The van der Waals surface area contributed by atoms with Gasteiger partial charge in [0.25, 0.3) is 0 Å². The molecule has 1 aromatic heterocycles. The van der Waals surface area contributed by atoms with Gasteiger partial charge in [-0.15, -0.1) is 0 Å². The predicted molar refractivity (Wildman–Crippen MR) is 60.7 cm³/mol. The van der Waals surface area contributed by atoms with Gasteiger partial charge < -0.3 is 10.2 Å². The molecule has 3 nitrogen and oxygen atoms in total. The summed E-state index contributed by atoms with van der Waals surface area (Å²) in [6.07, 6.45) is 0.998. The highest BCUT2D eigenvalue weighted by Gasteiger charge is 2.05. The highest BCUT2D eigenvalue weighted by Crippen LogP contribution is 2.18. The summed E-state index contributed by atoms with van der Waals surface area (Å²) < 4.78 is 5.42. The Bertz CT molecular complexity index is 462. The fraction of sp³-hybridized carbons (Fsp3) is 0.417. The molecule has 1 unspecified atom stereocenters. The van der Waals surface area contributed by atoms with Crippen LogP contribution in [0.1, 0.15) is 18.4 Å². The van der Waals surface area contributed by atoms with Gasteiger partial charge >= 0.3 is 0 Å². The zero-order chi connectivity index (χ0) is 10.8. The molecule has 0 bridgehead atoms. The Balaban J connectivity index is 2.30. The molecule has 1 heterocycles. The Morgan fingerprint density at radius 1 is 1.47 bits per heavy atom. The van der Waals surface area contributed by atoms with E-state index in [0.717, 1.165) is 24.1 Å². The van der Waals surface area contributed by atoms with Gasteiger partial charge in [-0.25, -0.2) is 4.98 Å². The summed E-state index contributed by atoms with van der Waals surface area (Å²) in [5.74, 6) is 1.23. The molecule has 0 aliphatic heterocycles. The number of hydrogen-bond acceptors (Lipinski definition) is 3. The number of hydrogen-bond donors (Lipinski definition) is 1. The Labute approximate surface area is 89.3 Å². The van der Waals surface area contributed by atoms with Crippen LogP contribution in [-0.2, 0) is 6.42 Å². The molecule has 1 atom stereocenters. The van der Waals surface area contributed by atoms with E-state index in [2.05, 4.69) is 24.0 Å². The van der Waals surface area contributed by atoms with Crippen LogP contribution in [0.15, 0.2) is 22.6 Å². The second-order valence-electron chi connectivity index (χ2n) is 4.08. The molecule has 3 heteroatoms. The first-order chi connectivity index (χ1) is 7.19. The van der Waals surface area contributed by atoms with Crippen molar-refractivity contribution in [1.29, 1.82) is 0 Å². The molecule has 0 aliphatic carbocycles. The first kappa shape index (κ1) is 10.2. The van der Waals surface area contributed by atoms with Gasteiger partial charge in [-0.1, -0.05) is 13.0 Å². The molecule has 15 heavy (non-hydrogen) atoms. The first-order valence-electron chi connectivity index (χ1n) is 5.25. The van der Waals surface area contributed by atoms with Crippen molar-refractivity contribution in [3.63, 3.8) is 0 Å². The van der Waals surface area contributed by atoms with Crippen LogP contribution in [0.4, 0.5) is 0 Å². The number of rotatable bonds is 3. The van der Waals surface area contributed by atoms with Crippen LogP contribution in [0.3, 0.4) is 0 Å². The summed E-state index contributed by atoms with van der Waals surface area (Å²) in [4.78, 5) is 4.31. The minimum Gasteiger partial charge on any atom is -0.441 e. The third-order valence-electron chi connectivity index (χ3n) is 2.55. The quantitative estimate of drug-likeness (QED) is 0.834. The van der Waals surface area contributed by atoms with Gasteiger partial charge in [0.2, 0.25) is 0 Å². The van der Waals surface area contributed by atoms with E-state index in [1.54, 1.807) is 0 Å². The second kappa shape index (κ2) is 4.03. The van der Waals surface area contributed by atoms with Crippen molar-refractivity contribution in [2.45, 2.75) is 20.3 Å². The van der Waals surface area contributed by atoms with E-state index in [1.807, 2.05) is 13.0 Å². The number of aromatic nitrogens is 1. The van der Waals surface area contributed by atoms with Gasteiger partial charge in [0, 0.05) is 6.92 Å². The van der Waals surface area contributed by atoms with E-state index in [0.29, 0.717) is 11.8 Å². The van der Waals surface area contributed by atoms with Crippen LogP contribution in [0.5, 0.6) is 0 Å². The number of nitrogens with zero attached hydrogens (tertiary/aromatic N) is 1. The average Bonchev–Trinajstić information content (AvgIpc) is 2.57. The van der Waals surface area contributed by atoms with Crippen LogP contribution in [0.25, 0.3) is 11.1 Å². The minimum absolute atomic E-state index is 0.510. The maximum atomic E-state index is 5.60. The minimum atomic E-state index is 0.510. The zero-order valence-corrected chi connectivity index (χ0v) is 9.16. The van der Waals surface area contributed by atoms with Crippen LogP contribution in [0.2, 0.25) is 0 Å². The Hall–Kier alpha value is -1.35. The Kier molecular flexibility index (Phi) is 2.73. The summed E-state index contributed by atoms with van der Waals surface area (Å²) in [5, 5.41) is 0. The van der Waals surface area contributed by atoms with Gasteiger partial charge in [-0.2, -0.15) is 0 Å². The molecule has 0 spiro atoms. The van der Waals surface area contributed by atoms with Crippen LogP contribution in [-0.4, -0.2) is 11.5 Å². The lowest BCUT2D eigenvalue weighted by molar-refractivity contribution is 0.560. The molecule has 2 rings (SSSR count). The molecule has 0 saturated heterocycles. The average molecular weight is 204 g/mol. The van der Waals surface area contributed by atoms with Crippen molar-refractivity contribution in [3.8, 4) is 0 Å². The van der Waals surface area contributed by atoms with Gasteiger partial charge in [-0.3, -0.25) is 0 Å². The third-order valence-corrected chi connectivity index (χ3v) is 2.55. The monoisotopic (exact) mass is 204 g/mol. The van der Waals surface area contributed by atoms with E-state index in [1.165, 1.54) is 5.56 Å². The van der Waals surface area contributed by atoms with Crippen molar-refractivity contribution in [1.82, 2.24) is 4.98 Å². The molecule has 0 fully saturated rings. The van der Waals surface area contributed by atoms with Gasteiger partial charge in [0.1, 0.15) is 5.52 Å². The van der Waals surface area contributed by atoms with Crippen molar-refractivity contribution in [2.24, 2.45) is 11.7 Å². The highest BCUT2D eigenvalue weighted by molar-refractivity contribution is 5.73. The van der Waals surface area contributed by atoms with Crippen molar-refractivity contribution >= 4 is 11.1 Å². The topological polar surface area (TPSA) is 52.0 Å². The molecule has 2 N–H and O–H groups in total. The maximum absolute atomic E-state index is 5.60. The van der Waals surface area contributed by atoms with E-state index >= 15 is 0 Å². The Morgan fingerprint density at radius 2 is 2.27 bits per heavy atom. The second-order valence-corrected chi connectivity index (χ2v) is 4.08. The fourth-order valence-corrected chi connectivity index (χ4v) is 1.70. The highest BCUT2D eigenvalue weighted by atomic mass is 16.3. The molecule has 0 saturated carbocycles. The van der Waals surface area contributed by atoms with Crippen LogP contribution < -0.4 is 5.73 Å². The predicted octanol–water partition coefficient (Wildman–Crippen LogP) is 2.27. The van der Waals surface area contributed by atoms with E-state index in [9.17, 15) is 0 Å². The van der Waals surface area contributed by atoms with Crippen LogP contribution in [0, 0.1) is 12.8 Å². The largest absolute Gasteiger partial charge is 0.441 e. The third kappa shape index (κ3) is 2.18. The van der Waals surface area contributed by atoms with Crippen molar-refractivity contribution in [2.75, 3.05) is 6.54 Å². The van der Waals surface area contributed by atoms with Crippen LogP contribution >= 0.6 is 0 Å². The normalized spacial score (nSPS) is 13.3. The first-order valence-corrected chi connectivity index (χ1v) is 5.25. The lowest BCUT2D eigenvalue weighted by atomic mass is 10.0. The lowest BCUT2D eigenvalue weighted by Gasteiger charge is -2.07. The fourth-order valence-electron chi connectivity index (χ4n) is 1.70. The molecule has 0 radical (unpaired) electrons. The van der Waals surface area contributed by atoms with Gasteiger partial charge in [0.15, 0.2) is 11.5 Å². The molecule has 80 valence electrons. The number of benzene rings is 1. The van der Waals surface area contributed by atoms with Gasteiger partial charge in [0.05, 0.1) is 0 Å². The number of fused-ring (bicyclic) bond motifs is 1. The lowest BCUT2D eigenvalue weighted by Crippen LogP contribution is -2.12.